The van der Waals surface area contributed by atoms with Crippen LogP contribution in [0.1, 0.15) is 43.5 Å². The first kappa shape index (κ1) is 16.9. The topological polar surface area (TPSA) is 57.6 Å². The molecule has 120 valence electrons. The van der Waals surface area contributed by atoms with Crippen LogP contribution in [0.15, 0.2) is 29.2 Å². The molecule has 0 unspecified atom stereocenters. The fourth-order valence-corrected chi connectivity index (χ4v) is 3.70. The second kappa shape index (κ2) is 7.68. The zero-order valence-electron chi connectivity index (χ0n) is 13.1. The van der Waals surface area contributed by atoms with Crippen molar-refractivity contribution in [3.8, 4) is 0 Å². The highest BCUT2D eigenvalue weighted by atomic mass is 32.2. The quantitative estimate of drug-likeness (QED) is 0.843. The molecule has 1 heterocycles. The molecule has 22 heavy (non-hydrogen) atoms. The number of aliphatic carboxylic acids is 1. The number of benzene rings is 1. The Balaban J connectivity index is 2.02. The van der Waals surface area contributed by atoms with Crippen molar-refractivity contribution >= 4 is 23.6 Å². The second-order valence-electron chi connectivity index (χ2n) is 6.00. The molecule has 0 spiro atoms. The number of rotatable bonds is 5. The van der Waals surface area contributed by atoms with Gasteiger partial charge in [0.15, 0.2) is 0 Å². The first-order valence-corrected chi connectivity index (χ1v) is 8.62. The van der Waals surface area contributed by atoms with E-state index in [1.807, 2.05) is 29.2 Å². The summed E-state index contributed by atoms with van der Waals surface area (Å²) < 4.78 is 0. The van der Waals surface area contributed by atoms with Gasteiger partial charge in [0.05, 0.1) is 5.56 Å². The lowest BCUT2D eigenvalue weighted by molar-refractivity contribution is -0.138. The van der Waals surface area contributed by atoms with E-state index in [0.717, 1.165) is 23.3 Å². The van der Waals surface area contributed by atoms with Gasteiger partial charge in [-0.05, 0) is 30.9 Å². The first-order chi connectivity index (χ1) is 10.5. The van der Waals surface area contributed by atoms with Crippen LogP contribution in [-0.2, 0) is 4.79 Å². The van der Waals surface area contributed by atoms with E-state index in [1.165, 1.54) is 0 Å². The van der Waals surface area contributed by atoms with Gasteiger partial charge in [-0.3, -0.25) is 9.59 Å². The summed E-state index contributed by atoms with van der Waals surface area (Å²) in [5.74, 6) is -0.484. The molecule has 1 aliphatic rings. The van der Waals surface area contributed by atoms with Crippen molar-refractivity contribution in [2.45, 2.75) is 43.3 Å². The molecule has 0 saturated carbocycles. The summed E-state index contributed by atoms with van der Waals surface area (Å²) in [7, 11) is 0. The molecule has 1 saturated heterocycles. The maximum absolute atomic E-state index is 12.7. The minimum absolute atomic E-state index is 0.0672. The van der Waals surface area contributed by atoms with Crippen molar-refractivity contribution in [2.24, 2.45) is 5.92 Å². The predicted molar refractivity (Wildman–Crippen MR) is 88.3 cm³/mol. The SMILES string of the molecule is CC(C)Sc1ccccc1C(=O)N1CCC(CC(=O)O)CC1. The largest absolute Gasteiger partial charge is 0.481 e. The van der Waals surface area contributed by atoms with Crippen molar-refractivity contribution in [3.05, 3.63) is 29.8 Å². The summed E-state index contributed by atoms with van der Waals surface area (Å²) in [6, 6.07) is 7.74. The Labute approximate surface area is 135 Å². The molecule has 1 aromatic carbocycles. The second-order valence-corrected chi connectivity index (χ2v) is 7.61. The lowest BCUT2D eigenvalue weighted by Gasteiger charge is -2.32. The van der Waals surface area contributed by atoms with Crippen LogP contribution in [0.25, 0.3) is 0 Å². The van der Waals surface area contributed by atoms with E-state index in [9.17, 15) is 9.59 Å². The molecular formula is C17H23NO3S. The molecule has 1 aromatic rings. The summed E-state index contributed by atoms with van der Waals surface area (Å²) in [6.45, 7) is 5.53. The maximum Gasteiger partial charge on any atom is 0.303 e. The number of carbonyl (C=O) groups is 2. The zero-order chi connectivity index (χ0) is 16.1. The van der Waals surface area contributed by atoms with Crippen LogP contribution in [-0.4, -0.2) is 40.2 Å². The van der Waals surface area contributed by atoms with E-state index < -0.39 is 5.97 Å². The fraction of sp³-hybridized carbons (Fsp3) is 0.529. The number of hydrogen-bond acceptors (Lipinski definition) is 3. The number of nitrogens with zero attached hydrogens (tertiary/aromatic N) is 1. The normalized spacial score (nSPS) is 16.0. The number of amides is 1. The van der Waals surface area contributed by atoms with Gasteiger partial charge in [0, 0.05) is 29.7 Å². The van der Waals surface area contributed by atoms with Crippen LogP contribution >= 0.6 is 11.8 Å². The Morgan fingerprint density at radius 2 is 1.91 bits per heavy atom. The fourth-order valence-electron chi connectivity index (χ4n) is 2.76. The number of piperidine rings is 1. The van der Waals surface area contributed by atoms with E-state index in [2.05, 4.69) is 13.8 Å². The van der Waals surface area contributed by atoms with E-state index in [4.69, 9.17) is 5.11 Å². The van der Waals surface area contributed by atoms with Crippen molar-refractivity contribution < 1.29 is 14.7 Å². The minimum Gasteiger partial charge on any atom is -0.481 e. The first-order valence-electron chi connectivity index (χ1n) is 7.74. The summed E-state index contributed by atoms with van der Waals surface area (Å²) in [5, 5.41) is 9.28. The Morgan fingerprint density at radius 3 is 2.50 bits per heavy atom. The number of carboxylic acids is 1. The number of carbonyl (C=O) groups excluding carboxylic acids is 1. The summed E-state index contributed by atoms with van der Waals surface area (Å²) >= 11 is 1.70. The monoisotopic (exact) mass is 321 g/mol. The van der Waals surface area contributed by atoms with Gasteiger partial charge in [0.2, 0.25) is 0 Å². The maximum atomic E-state index is 12.7. The molecule has 1 aliphatic heterocycles. The van der Waals surface area contributed by atoms with Crippen LogP contribution in [0.3, 0.4) is 0 Å². The number of carboxylic acid groups (broad SMARTS) is 1. The van der Waals surface area contributed by atoms with Crippen molar-refractivity contribution in [2.75, 3.05) is 13.1 Å². The van der Waals surface area contributed by atoms with Gasteiger partial charge in [0.1, 0.15) is 0 Å². The zero-order valence-corrected chi connectivity index (χ0v) is 13.9. The summed E-state index contributed by atoms with van der Waals surface area (Å²) in [6.07, 6.45) is 1.76. The standard InChI is InChI=1S/C17H23NO3S/c1-12(2)22-15-6-4-3-5-14(15)17(21)18-9-7-13(8-10-18)11-16(19)20/h3-6,12-13H,7-11H2,1-2H3,(H,19,20). The Kier molecular flexibility index (Phi) is 5.89. The van der Waals surface area contributed by atoms with E-state index in [1.54, 1.807) is 11.8 Å². The Bertz CT molecular complexity index is 536. The molecule has 4 nitrogen and oxygen atoms in total. The third-order valence-electron chi connectivity index (χ3n) is 3.85. The van der Waals surface area contributed by atoms with Gasteiger partial charge in [-0.25, -0.2) is 0 Å². The molecule has 0 radical (unpaired) electrons. The van der Waals surface area contributed by atoms with Crippen LogP contribution in [0, 0.1) is 5.92 Å². The van der Waals surface area contributed by atoms with Gasteiger partial charge in [-0.2, -0.15) is 0 Å². The number of likely N-dealkylation sites (tertiary alicyclic amines) is 1. The van der Waals surface area contributed by atoms with Gasteiger partial charge < -0.3 is 10.0 Å². The highest BCUT2D eigenvalue weighted by Gasteiger charge is 2.26. The molecule has 0 aromatic heterocycles. The van der Waals surface area contributed by atoms with E-state index >= 15 is 0 Å². The molecular weight excluding hydrogens is 298 g/mol. The van der Waals surface area contributed by atoms with Crippen LogP contribution in [0.4, 0.5) is 0 Å². The van der Waals surface area contributed by atoms with Crippen LogP contribution < -0.4 is 0 Å². The smallest absolute Gasteiger partial charge is 0.303 e. The minimum atomic E-state index is -0.747. The number of hydrogen-bond donors (Lipinski definition) is 1. The summed E-state index contributed by atoms with van der Waals surface area (Å²) in [5.41, 5.74) is 0.762. The molecule has 0 bridgehead atoms. The predicted octanol–water partition coefficient (Wildman–Crippen LogP) is 3.51. The highest BCUT2D eigenvalue weighted by Crippen LogP contribution is 2.29. The lowest BCUT2D eigenvalue weighted by atomic mass is 9.93. The Hall–Kier alpha value is -1.49. The van der Waals surface area contributed by atoms with Crippen molar-refractivity contribution in [3.63, 3.8) is 0 Å². The van der Waals surface area contributed by atoms with Gasteiger partial charge in [0.25, 0.3) is 5.91 Å². The molecule has 0 aliphatic carbocycles. The molecule has 1 N–H and O–H groups in total. The van der Waals surface area contributed by atoms with Crippen molar-refractivity contribution in [1.82, 2.24) is 4.90 Å². The average molecular weight is 321 g/mol. The van der Waals surface area contributed by atoms with E-state index in [-0.39, 0.29) is 18.2 Å². The third kappa shape index (κ3) is 4.50. The Morgan fingerprint density at radius 1 is 1.27 bits per heavy atom. The third-order valence-corrected chi connectivity index (χ3v) is 4.93. The number of thioether (sulfide) groups is 1. The van der Waals surface area contributed by atoms with Crippen LogP contribution in [0.5, 0.6) is 0 Å². The van der Waals surface area contributed by atoms with Crippen LogP contribution in [0.2, 0.25) is 0 Å². The average Bonchev–Trinajstić information content (AvgIpc) is 2.47. The molecule has 0 atom stereocenters. The van der Waals surface area contributed by atoms with Crippen molar-refractivity contribution in [1.29, 1.82) is 0 Å². The molecule has 2 rings (SSSR count). The van der Waals surface area contributed by atoms with E-state index in [0.29, 0.717) is 18.3 Å². The summed E-state index contributed by atoms with van der Waals surface area (Å²) in [4.78, 5) is 26.4. The van der Waals surface area contributed by atoms with Gasteiger partial charge in [-0.15, -0.1) is 11.8 Å². The highest BCUT2D eigenvalue weighted by molar-refractivity contribution is 8.00. The molecule has 5 heteroatoms. The lowest BCUT2D eigenvalue weighted by Crippen LogP contribution is -2.39. The van der Waals surface area contributed by atoms with Gasteiger partial charge in [-0.1, -0.05) is 26.0 Å². The molecule has 1 amide bonds. The van der Waals surface area contributed by atoms with Gasteiger partial charge >= 0.3 is 5.97 Å². The molecule has 1 fully saturated rings.